The predicted molar refractivity (Wildman–Crippen MR) is 101 cm³/mol. The average molecular weight is 377 g/mol. The van der Waals surface area contributed by atoms with Crippen LogP contribution in [0.1, 0.15) is 36.7 Å². The molecule has 1 heterocycles. The van der Waals surface area contributed by atoms with Gasteiger partial charge in [-0.2, -0.15) is 0 Å². The number of methoxy groups -OCH3 is 1. The molecule has 0 atom stereocenters. The Morgan fingerprint density at radius 1 is 1.31 bits per heavy atom. The van der Waals surface area contributed by atoms with Crippen LogP contribution in [0.5, 0.6) is 5.75 Å². The number of carboxylic acid groups (broad SMARTS) is 1. The van der Waals surface area contributed by atoms with Crippen LogP contribution >= 0.6 is 11.6 Å². The molecule has 0 aliphatic carbocycles. The second kappa shape index (κ2) is 7.74. The number of amides is 1. The second-order valence-corrected chi connectivity index (χ2v) is 7.15. The number of ether oxygens (including phenoxy) is 1. The Hall–Kier alpha value is -2.60. The van der Waals surface area contributed by atoms with Crippen LogP contribution in [0.3, 0.4) is 0 Å². The number of carbonyl (C=O) groups is 2. The summed E-state index contributed by atoms with van der Waals surface area (Å²) in [5.41, 5.74) is 0.589. The van der Waals surface area contributed by atoms with E-state index in [4.69, 9.17) is 16.3 Å². The van der Waals surface area contributed by atoms with E-state index in [-0.39, 0.29) is 17.2 Å². The van der Waals surface area contributed by atoms with Gasteiger partial charge in [0.2, 0.25) is 0 Å². The lowest BCUT2D eigenvalue weighted by atomic mass is 9.98. The first-order valence-corrected chi connectivity index (χ1v) is 8.35. The number of pyridine rings is 1. The van der Waals surface area contributed by atoms with Crippen molar-refractivity contribution in [1.82, 2.24) is 4.98 Å². The first-order chi connectivity index (χ1) is 12.1. The van der Waals surface area contributed by atoms with E-state index in [1.807, 2.05) is 0 Å². The minimum atomic E-state index is -1.13. The minimum Gasteiger partial charge on any atom is -0.495 e. The molecule has 26 heavy (non-hydrogen) atoms. The highest BCUT2D eigenvalue weighted by Gasteiger charge is 2.31. The fourth-order valence-electron chi connectivity index (χ4n) is 2.65. The number of anilines is 1. The topological polar surface area (TPSA) is 79.7 Å². The number of benzene rings is 1. The van der Waals surface area contributed by atoms with Crippen LogP contribution in [0.25, 0.3) is 0 Å². The van der Waals surface area contributed by atoms with E-state index in [0.717, 1.165) is 0 Å². The Kier molecular flexibility index (Phi) is 5.87. The fraction of sp³-hybridized carbons (Fsp3) is 0.316. The number of rotatable bonds is 5. The molecule has 0 saturated heterocycles. The summed E-state index contributed by atoms with van der Waals surface area (Å²) >= 11 is 6.21. The second-order valence-electron chi connectivity index (χ2n) is 6.75. The molecule has 0 unspecified atom stereocenters. The van der Waals surface area contributed by atoms with Crippen molar-refractivity contribution in [2.75, 3.05) is 12.0 Å². The van der Waals surface area contributed by atoms with Gasteiger partial charge in [-0.15, -0.1) is 0 Å². The highest BCUT2D eigenvalue weighted by atomic mass is 35.5. The van der Waals surface area contributed by atoms with Gasteiger partial charge < -0.3 is 9.84 Å². The van der Waals surface area contributed by atoms with Crippen molar-refractivity contribution < 1.29 is 19.4 Å². The molecular formula is C19H21ClN2O4. The van der Waals surface area contributed by atoms with Crippen molar-refractivity contribution in [3.05, 3.63) is 52.8 Å². The van der Waals surface area contributed by atoms with Crippen molar-refractivity contribution >= 4 is 29.2 Å². The van der Waals surface area contributed by atoms with E-state index >= 15 is 0 Å². The molecule has 6 nitrogen and oxygen atoms in total. The predicted octanol–water partition coefficient (Wildman–Crippen LogP) is 4.45. The number of nitrogens with zero attached hydrogens (tertiary/aromatic N) is 2. The van der Waals surface area contributed by atoms with E-state index in [2.05, 4.69) is 4.98 Å². The van der Waals surface area contributed by atoms with Crippen LogP contribution in [0.15, 0.2) is 36.7 Å². The van der Waals surface area contributed by atoms with Crippen molar-refractivity contribution in [3.8, 4) is 5.75 Å². The Morgan fingerprint density at radius 2 is 2.00 bits per heavy atom. The van der Waals surface area contributed by atoms with Gasteiger partial charge in [0.15, 0.2) is 5.78 Å². The maximum atomic E-state index is 12.6. The smallest absolute Gasteiger partial charge is 0.412 e. The zero-order valence-corrected chi connectivity index (χ0v) is 15.9. The number of carbonyl (C=O) groups excluding carboxylic acids is 1. The molecule has 138 valence electrons. The van der Waals surface area contributed by atoms with Gasteiger partial charge in [0.05, 0.1) is 17.8 Å². The van der Waals surface area contributed by atoms with E-state index in [1.165, 1.54) is 24.3 Å². The van der Waals surface area contributed by atoms with E-state index < -0.39 is 11.6 Å². The summed E-state index contributed by atoms with van der Waals surface area (Å²) < 4.78 is 5.23. The van der Waals surface area contributed by atoms with Gasteiger partial charge in [-0.05, 0) is 50.6 Å². The van der Waals surface area contributed by atoms with Crippen molar-refractivity contribution in [3.63, 3.8) is 0 Å². The van der Waals surface area contributed by atoms with E-state index in [1.54, 1.807) is 45.2 Å². The number of Topliss-reactive ketones (excluding diaryl/α,β-unsaturated/α-hetero) is 1. The summed E-state index contributed by atoms with van der Waals surface area (Å²) in [6, 6.07) is 6.47. The molecule has 1 N–H and O–H groups in total. The quantitative estimate of drug-likeness (QED) is 0.779. The van der Waals surface area contributed by atoms with E-state index in [9.17, 15) is 14.7 Å². The van der Waals surface area contributed by atoms with Gasteiger partial charge in [-0.3, -0.25) is 14.7 Å². The van der Waals surface area contributed by atoms with Crippen molar-refractivity contribution in [1.29, 1.82) is 0 Å². The van der Waals surface area contributed by atoms with Gasteiger partial charge in [0, 0.05) is 29.9 Å². The molecule has 0 aliphatic rings. The monoisotopic (exact) mass is 376 g/mol. The SMILES string of the molecule is COc1cc(CC(=O)c2cccnc2)c(N(C(=O)O)C(C)(C)C)cc1Cl. The summed E-state index contributed by atoms with van der Waals surface area (Å²) in [6.07, 6.45) is 1.93. The normalized spacial score (nSPS) is 11.1. The van der Waals surface area contributed by atoms with Crippen LogP contribution in [-0.4, -0.2) is 34.6 Å². The van der Waals surface area contributed by atoms with Crippen LogP contribution in [0.2, 0.25) is 5.02 Å². The van der Waals surface area contributed by atoms with Gasteiger partial charge in [0.1, 0.15) is 5.75 Å². The number of ketones is 1. The third-order valence-electron chi connectivity index (χ3n) is 3.79. The summed E-state index contributed by atoms with van der Waals surface area (Å²) in [4.78, 5) is 29.6. The highest BCUT2D eigenvalue weighted by Crippen LogP contribution is 2.36. The summed E-state index contributed by atoms with van der Waals surface area (Å²) in [5, 5.41) is 9.99. The molecule has 0 bridgehead atoms. The lowest BCUT2D eigenvalue weighted by Gasteiger charge is -2.34. The first-order valence-electron chi connectivity index (χ1n) is 7.98. The van der Waals surface area contributed by atoms with E-state index in [0.29, 0.717) is 22.6 Å². The van der Waals surface area contributed by atoms with Crippen LogP contribution in [0.4, 0.5) is 10.5 Å². The lowest BCUT2D eigenvalue weighted by Crippen LogP contribution is -2.45. The number of hydrogen-bond donors (Lipinski definition) is 1. The molecule has 2 rings (SSSR count). The molecule has 7 heteroatoms. The number of halogens is 1. The zero-order valence-electron chi connectivity index (χ0n) is 15.1. The lowest BCUT2D eigenvalue weighted by molar-refractivity contribution is 0.0992. The zero-order chi connectivity index (χ0) is 19.5. The Labute approximate surface area is 157 Å². The van der Waals surface area contributed by atoms with Crippen molar-refractivity contribution in [2.45, 2.75) is 32.7 Å². The maximum absolute atomic E-state index is 12.6. The largest absolute Gasteiger partial charge is 0.495 e. The molecule has 1 aromatic carbocycles. The number of aromatic nitrogens is 1. The molecule has 0 saturated carbocycles. The third kappa shape index (κ3) is 4.32. The Balaban J connectivity index is 2.55. The minimum absolute atomic E-state index is 0.00554. The molecule has 0 radical (unpaired) electrons. The molecule has 0 aliphatic heterocycles. The summed E-state index contributed by atoms with van der Waals surface area (Å²) in [6.45, 7) is 5.31. The number of hydrogen-bond acceptors (Lipinski definition) is 4. The molecule has 2 aromatic rings. The van der Waals surface area contributed by atoms with Crippen LogP contribution < -0.4 is 9.64 Å². The first kappa shape index (κ1) is 19.7. The summed E-state index contributed by atoms with van der Waals surface area (Å²) in [7, 11) is 1.46. The molecule has 1 aromatic heterocycles. The van der Waals surface area contributed by atoms with Crippen molar-refractivity contribution in [2.24, 2.45) is 0 Å². The molecular weight excluding hydrogens is 356 g/mol. The van der Waals surface area contributed by atoms with Gasteiger partial charge in [0.25, 0.3) is 0 Å². The Morgan fingerprint density at radius 3 is 2.50 bits per heavy atom. The Bertz CT molecular complexity index is 816. The summed E-state index contributed by atoms with van der Waals surface area (Å²) in [5.74, 6) is 0.201. The fourth-order valence-corrected chi connectivity index (χ4v) is 2.88. The molecule has 0 fully saturated rings. The van der Waals surface area contributed by atoms with Crippen LogP contribution in [0, 0.1) is 0 Å². The average Bonchev–Trinajstić information content (AvgIpc) is 2.56. The van der Waals surface area contributed by atoms with Crippen LogP contribution in [-0.2, 0) is 6.42 Å². The highest BCUT2D eigenvalue weighted by molar-refractivity contribution is 6.32. The molecule has 0 spiro atoms. The molecule has 1 amide bonds. The van der Waals surface area contributed by atoms with Gasteiger partial charge in [-0.25, -0.2) is 4.79 Å². The maximum Gasteiger partial charge on any atom is 0.412 e. The standard InChI is InChI=1S/C19H21ClN2O4/c1-19(2,3)22(18(24)25)15-10-14(20)17(26-4)9-13(15)8-16(23)12-6-5-7-21-11-12/h5-7,9-11H,8H2,1-4H3,(H,24,25). The van der Waals surface area contributed by atoms with Gasteiger partial charge in [-0.1, -0.05) is 11.6 Å². The third-order valence-corrected chi connectivity index (χ3v) is 4.09. The van der Waals surface area contributed by atoms with Gasteiger partial charge >= 0.3 is 6.09 Å².